The summed E-state index contributed by atoms with van der Waals surface area (Å²) in [6.45, 7) is 26.6. The highest BCUT2D eigenvalue weighted by atomic mass is 16.3. The maximum atomic E-state index is 7.28. The first-order valence-electron chi connectivity index (χ1n) is 30.3. The maximum Gasteiger partial charge on any atom is 0.333 e. The molecule has 16 rings (SSSR count). The molecule has 6 heteroatoms. The molecular formula is C76H72BN3O2. The molecule has 406 valence electrons. The number of furan rings is 2. The molecule has 2 aliphatic carbocycles. The Labute approximate surface area is 483 Å². The molecule has 0 spiro atoms. The summed E-state index contributed by atoms with van der Waals surface area (Å²) in [5.74, 6) is 0. The second-order valence-corrected chi connectivity index (χ2v) is 28.0. The second kappa shape index (κ2) is 16.8. The lowest BCUT2D eigenvalue weighted by molar-refractivity contribution is 0.195. The summed E-state index contributed by atoms with van der Waals surface area (Å²) in [4.78, 5) is 8.21. The molecule has 2 unspecified atom stereocenters. The monoisotopic (exact) mass is 1070 g/mol. The lowest BCUT2D eigenvalue weighted by Gasteiger charge is -2.53. The van der Waals surface area contributed by atoms with Gasteiger partial charge in [-0.1, -0.05) is 171 Å². The zero-order valence-electron chi connectivity index (χ0n) is 49.6. The Morgan fingerprint density at radius 1 is 0.524 bits per heavy atom. The van der Waals surface area contributed by atoms with E-state index in [2.05, 4.69) is 255 Å². The van der Waals surface area contributed by atoms with E-state index in [9.17, 15) is 0 Å². The van der Waals surface area contributed by atoms with Gasteiger partial charge in [0.05, 0.1) is 16.6 Å². The largest absolute Gasteiger partial charge is 0.456 e. The molecular weight excluding hydrogens is 998 g/mol. The van der Waals surface area contributed by atoms with Crippen molar-refractivity contribution in [3.05, 3.63) is 197 Å². The Hall–Kier alpha value is -7.96. The van der Waals surface area contributed by atoms with Crippen molar-refractivity contribution in [2.75, 3.05) is 14.6 Å². The van der Waals surface area contributed by atoms with Crippen LogP contribution in [0.15, 0.2) is 173 Å². The predicted molar refractivity (Wildman–Crippen MR) is 346 cm³/mol. The summed E-state index contributed by atoms with van der Waals surface area (Å²) in [6, 6.07) is 62.4. The van der Waals surface area contributed by atoms with Crippen molar-refractivity contribution in [1.82, 2.24) is 0 Å². The molecule has 3 aliphatic heterocycles. The lowest BCUT2D eigenvalue weighted by atomic mass is 9.43. The molecule has 11 aromatic rings. The number of fused-ring (bicyclic) bond motifs is 15. The van der Waals surface area contributed by atoms with Gasteiger partial charge in [-0.25, -0.2) is 0 Å². The van der Waals surface area contributed by atoms with Crippen LogP contribution in [-0.4, -0.2) is 12.4 Å². The van der Waals surface area contributed by atoms with E-state index in [-0.39, 0.29) is 34.0 Å². The molecule has 0 radical (unpaired) electrons. The zero-order valence-corrected chi connectivity index (χ0v) is 49.6. The molecule has 0 saturated heterocycles. The van der Waals surface area contributed by atoms with Gasteiger partial charge in [0.2, 0.25) is 0 Å². The van der Waals surface area contributed by atoms with Crippen LogP contribution in [0, 0.1) is 13.8 Å². The van der Waals surface area contributed by atoms with Gasteiger partial charge < -0.3 is 23.4 Å². The highest BCUT2D eigenvalue weighted by Crippen LogP contribution is 2.64. The zero-order chi connectivity index (χ0) is 56.1. The van der Waals surface area contributed by atoms with Crippen LogP contribution in [0.1, 0.15) is 134 Å². The number of aryl methyl sites for hydroxylation is 2. The molecule has 9 aromatic carbocycles. The average Bonchev–Trinajstić information content (AvgIpc) is 2.28. The Kier molecular flexibility index (Phi) is 10.2. The third-order valence-electron chi connectivity index (χ3n) is 21.1. The summed E-state index contributed by atoms with van der Waals surface area (Å²) in [7, 11) is 0. The van der Waals surface area contributed by atoms with Crippen LogP contribution >= 0.6 is 0 Å². The minimum absolute atomic E-state index is 0.00879. The van der Waals surface area contributed by atoms with Crippen LogP contribution in [0.3, 0.4) is 0 Å². The fourth-order valence-corrected chi connectivity index (χ4v) is 16.4. The summed E-state index contributed by atoms with van der Waals surface area (Å²) < 4.78 is 14.4. The van der Waals surface area contributed by atoms with Crippen LogP contribution in [-0.2, 0) is 21.7 Å². The van der Waals surface area contributed by atoms with Crippen molar-refractivity contribution >= 4 is 101 Å². The van der Waals surface area contributed by atoms with Crippen LogP contribution in [0.4, 0.5) is 39.8 Å². The van der Waals surface area contributed by atoms with Gasteiger partial charge in [0.15, 0.2) is 5.58 Å². The molecule has 5 nitrogen and oxygen atoms in total. The van der Waals surface area contributed by atoms with E-state index in [4.69, 9.17) is 8.83 Å². The second-order valence-electron chi connectivity index (χ2n) is 28.0. The first-order chi connectivity index (χ1) is 39.3. The quantitative estimate of drug-likeness (QED) is 0.161. The number of anilines is 7. The highest BCUT2D eigenvalue weighted by Gasteiger charge is 2.62. The standard InChI is InChI=1S/C76H72BN3O2/c1-45-29-31-61(46(2)37-45)80-69-53(30-32-65-67(69)56-43-57-58(44-66(56)81-65)74(8,9)36-35-73(57,6)7)55-41-51(42-63-68(55)77(80)60-40-49(72(3,4)5)39-59-70(60)79(63)76(11)34-18-17-33-75(59,76)10)78(50-24-19-23-48(38-50)47-21-13-12-14-22-47)62-27-20-26-54-52-25-15-16-28-64(52)82-71(54)62/h12-16,19-32,37-44H,17-18,33-36H2,1-11H3. The third-order valence-corrected chi connectivity index (χ3v) is 21.1. The van der Waals surface area contributed by atoms with E-state index in [1.165, 1.54) is 107 Å². The molecule has 5 heterocycles. The normalized spacial score (nSPS) is 20.1. The van der Waals surface area contributed by atoms with E-state index in [1.807, 2.05) is 0 Å². The van der Waals surface area contributed by atoms with Crippen molar-refractivity contribution in [2.24, 2.45) is 0 Å². The van der Waals surface area contributed by atoms with E-state index in [0.717, 1.165) is 81.4 Å². The van der Waals surface area contributed by atoms with Crippen LogP contribution < -0.4 is 25.5 Å². The fourth-order valence-electron chi connectivity index (χ4n) is 16.4. The smallest absolute Gasteiger partial charge is 0.333 e. The van der Waals surface area contributed by atoms with Crippen LogP contribution in [0.2, 0.25) is 0 Å². The molecule has 1 saturated carbocycles. The Morgan fingerprint density at radius 2 is 1.26 bits per heavy atom. The number of rotatable bonds is 5. The highest BCUT2D eigenvalue weighted by molar-refractivity contribution is 6.94. The van der Waals surface area contributed by atoms with Gasteiger partial charge in [0, 0.05) is 61.3 Å². The average molecular weight is 1070 g/mol. The number of hydrogen-bond donors (Lipinski definition) is 0. The molecule has 1 fully saturated rings. The van der Waals surface area contributed by atoms with E-state index >= 15 is 0 Å². The Bertz CT molecular complexity index is 4550. The van der Waals surface area contributed by atoms with Crippen molar-refractivity contribution in [2.45, 2.75) is 142 Å². The fraction of sp³-hybridized carbons (Fsp3) is 0.289. The summed E-state index contributed by atoms with van der Waals surface area (Å²) in [5.41, 5.74) is 27.4. The summed E-state index contributed by atoms with van der Waals surface area (Å²) >= 11 is 0. The number of hydrogen-bond acceptors (Lipinski definition) is 5. The molecule has 2 atom stereocenters. The van der Waals surface area contributed by atoms with E-state index < -0.39 is 0 Å². The minimum Gasteiger partial charge on any atom is -0.456 e. The first-order valence-corrected chi connectivity index (χ1v) is 30.3. The van der Waals surface area contributed by atoms with Gasteiger partial charge in [-0.2, -0.15) is 0 Å². The van der Waals surface area contributed by atoms with Gasteiger partial charge in [-0.3, -0.25) is 0 Å². The van der Waals surface area contributed by atoms with E-state index in [0.29, 0.717) is 0 Å². The Morgan fingerprint density at radius 3 is 2.05 bits per heavy atom. The van der Waals surface area contributed by atoms with Crippen molar-refractivity contribution < 1.29 is 8.83 Å². The van der Waals surface area contributed by atoms with Gasteiger partial charge >= 0.3 is 6.85 Å². The maximum absolute atomic E-state index is 7.28. The molecule has 0 N–H and O–H groups in total. The summed E-state index contributed by atoms with van der Waals surface area (Å²) in [5, 5.41) is 4.60. The number of nitrogens with zero attached hydrogens (tertiary/aromatic N) is 3. The minimum atomic E-state index is -0.206. The Balaban J connectivity index is 1.08. The molecule has 2 aromatic heterocycles. The summed E-state index contributed by atoms with van der Waals surface area (Å²) in [6.07, 6.45) is 6.92. The first kappa shape index (κ1) is 49.8. The third kappa shape index (κ3) is 6.75. The van der Waals surface area contributed by atoms with Gasteiger partial charge in [0.1, 0.15) is 16.7 Å². The molecule has 5 aliphatic rings. The molecule has 0 bridgehead atoms. The molecule has 0 amide bonds. The molecule has 82 heavy (non-hydrogen) atoms. The van der Waals surface area contributed by atoms with E-state index in [1.54, 1.807) is 0 Å². The number of benzene rings is 9. The van der Waals surface area contributed by atoms with Crippen LogP contribution in [0.5, 0.6) is 0 Å². The van der Waals surface area contributed by atoms with Crippen molar-refractivity contribution in [3.63, 3.8) is 0 Å². The predicted octanol–water partition coefficient (Wildman–Crippen LogP) is 19.9. The van der Waals surface area contributed by atoms with Crippen molar-refractivity contribution in [1.29, 1.82) is 0 Å². The van der Waals surface area contributed by atoms with Gasteiger partial charge in [-0.05, 0) is 185 Å². The van der Waals surface area contributed by atoms with Crippen molar-refractivity contribution in [3.8, 4) is 22.3 Å². The van der Waals surface area contributed by atoms with Gasteiger partial charge in [0.25, 0.3) is 0 Å². The van der Waals surface area contributed by atoms with Gasteiger partial charge in [-0.15, -0.1) is 0 Å². The SMILES string of the molecule is Cc1ccc(N2B3c4cc(C(C)(C)C)cc5c4N(c4cc(N(c6cccc(-c7ccccc7)c6)c6cccc7c6oc6ccccc67)cc(c43)-c3ccc4oc6cc7c(cc6c4c32)C(C)(C)CCC7(C)C)C2(C)CCCCC52C)c(C)c1. The topological polar surface area (TPSA) is 36.0 Å². The number of para-hydroxylation sites is 2. The lowest BCUT2D eigenvalue weighted by Crippen LogP contribution is -2.65. The van der Waals surface area contributed by atoms with Crippen LogP contribution in [0.25, 0.3) is 66.1 Å².